The Balaban J connectivity index is 2.20. The summed E-state index contributed by atoms with van der Waals surface area (Å²) in [5.41, 5.74) is 0.926. The van der Waals surface area contributed by atoms with Gasteiger partial charge in [-0.15, -0.1) is 0 Å². The van der Waals surface area contributed by atoms with Gasteiger partial charge in [0.2, 0.25) is 0 Å². The molecular formula is C16H24ClNO2. The fraction of sp³-hybridized carbons (Fsp3) is 0.625. The second kappa shape index (κ2) is 6.57. The van der Waals surface area contributed by atoms with Crippen molar-refractivity contribution in [2.75, 3.05) is 19.5 Å². The van der Waals surface area contributed by atoms with Crippen molar-refractivity contribution in [2.45, 2.75) is 39.2 Å². The van der Waals surface area contributed by atoms with Crippen LogP contribution >= 0.6 is 11.6 Å². The molecule has 20 heavy (non-hydrogen) atoms. The van der Waals surface area contributed by atoms with Gasteiger partial charge >= 0.3 is 0 Å². The average molecular weight is 298 g/mol. The zero-order chi connectivity index (χ0) is 14.7. The molecule has 1 aliphatic rings. The van der Waals surface area contributed by atoms with E-state index in [9.17, 15) is 0 Å². The van der Waals surface area contributed by atoms with Crippen LogP contribution in [-0.2, 0) is 0 Å². The van der Waals surface area contributed by atoms with Crippen LogP contribution in [0.15, 0.2) is 12.1 Å². The lowest BCUT2D eigenvalue weighted by molar-refractivity contribution is 0.280. The molecule has 0 saturated heterocycles. The molecule has 3 atom stereocenters. The third-order valence-electron chi connectivity index (χ3n) is 4.27. The van der Waals surface area contributed by atoms with E-state index in [-0.39, 0.29) is 0 Å². The summed E-state index contributed by atoms with van der Waals surface area (Å²) < 4.78 is 10.6. The largest absolute Gasteiger partial charge is 0.493 e. The van der Waals surface area contributed by atoms with Gasteiger partial charge in [-0.1, -0.05) is 31.9 Å². The van der Waals surface area contributed by atoms with E-state index in [0.29, 0.717) is 28.5 Å². The molecule has 4 heteroatoms. The minimum atomic E-state index is 0.467. The molecular weight excluding hydrogens is 274 g/mol. The van der Waals surface area contributed by atoms with Crippen molar-refractivity contribution in [2.24, 2.45) is 11.8 Å². The summed E-state index contributed by atoms with van der Waals surface area (Å²) in [6, 6.07) is 4.20. The van der Waals surface area contributed by atoms with E-state index in [1.54, 1.807) is 20.3 Å². The molecule has 0 amide bonds. The van der Waals surface area contributed by atoms with Crippen LogP contribution in [0.3, 0.4) is 0 Å². The number of rotatable bonds is 4. The number of nitrogens with one attached hydrogen (secondary N) is 1. The maximum atomic E-state index is 6.34. The van der Waals surface area contributed by atoms with Crippen LogP contribution in [0.5, 0.6) is 11.5 Å². The van der Waals surface area contributed by atoms with Gasteiger partial charge in [0.05, 0.1) is 24.9 Å². The number of methoxy groups -OCH3 is 2. The average Bonchev–Trinajstić information content (AvgIpc) is 2.44. The smallest absolute Gasteiger partial charge is 0.162 e. The predicted octanol–water partition coefficient (Wildman–Crippen LogP) is 4.59. The zero-order valence-electron chi connectivity index (χ0n) is 12.7. The van der Waals surface area contributed by atoms with E-state index in [1.807, 2.05) is 6.07 Å². The van der Waals surface area contributed by atoms with Gasteiger partial charge in [0, 0.05) is 18.2 Å². The lowest BCUT2D eigenvalue weighted by Gasteiger charge is -2.34. The molecule has 0 aliphatic heterocycles. The summed E-state index contributed by atoms with van der Waals surface area (Å²) in [6.45, 7) is 4.62. The van der Waals surface area contributed by atoms with Gasteiger partial charge in [-0.2, -0.15) is 0 Å². The lowest BCUT2D eigenvalue weighted by atomic mass is 9.80. The minimum absolute atomic E-state index is 0.467. The quantitative estimate of drug-likeness (QED) is 0.881. The number of halogens is 1. The second-order valence-electron chi connectivity index (χ2n) is 5.83. The van der Waals surface area contributed by atoms with Crippen LogP contribution in [0.2, 0.25) is 5.02 Å². The van der Waals surface area contributed by atoms with Gasteiger partial charge < -0.3 is 14.8 Å². The van der Waals surface area contributed by atoms with Crippen LogP contribution in [0.4, 0.5) is 5.69 Å². The molecule has 0 aromatic heterocycles. The maximum absolute atomic E-state index is 6.34. The SMILES string of the molecule is COc1cc(Cl)c(NC2CC(C)CCC2C)cc1OC. The van der Waals surface area contributed by atoms with Crippen LogP contribution < -0.4 is 14.8 Å². The van der Waals surface area contributed by atoms with E-state index in [4.69, 9.17) is 21.1 Å². The molecule has 3 nitrogen and oxygen atoms in total. The van der Waals surface area contributed by atoms with Gasteiger partial charge in [0.25, 0.3) is 0 Å². The first-order valence-corrected chi connectivity index (χ1v) is 7.61. The van der Waals surface area contributed by atoms with Gasteiger partial charge in [0.15, 0.2) is 11.5 Å². The molecule has 1 aromatic carbocycles. The van der Waals surface area contributed by atoms with Gasteiger partial charge in [-0.05, 0) is 24.7 Å². The van der Waals surface area contributed by atoms with Crippen molar-refractivity contribution in [3.63, 3.8) is 0 Å². The fourth-order valence-electron chi connectivity index (χ4n) is 2.90. The molecule has 1 N–H and O–H groups in total. The summed E-state index contributed by atoms with van der Waals surface area (Å²) in [5, 5.41) is 4.26. The van der Waals surface area contributed by atoms with Crippen molar-refractivity contribution in [3.05, 3.63) is 17.2 Å². The molecule has 0 spiro atoms. The molecule has 0 heterocycles. The summed E-state index contributed by atoms with van der Waals surface area (Å²) in [6.07, 6.45) is 3.77. The molecule has 0 radical (unpaired) electrons. The van der Waals surface area contributed by atoms with E-state index >= 15 is 0 Å². The molecule has 1 saturated carbocycles. The molecule has 0 bridgehead atoms. The topological polar surface area (TPSA) is 30.5 Å². The molecule has 1 aromatic rings. The Hall–Kier alpha value is -1.09. The number of hydrogen-bond acceptors (Lipinski definition) is 3. The Bertz CT molecular complexity index is 464. The number of anilines is 1. The van der Waals surface area contributed by atoms with E-state index in [2.05, 4.69) is 19.2 Å². The van der Waals surface area contributed by atoms with E-state index in [0.717, 1.165) is 11.6 Å². The zero-order valence-corrected chi connectivity index (χ0v) is 13.5. The Morgan fingerprint density at radius 2 is 1.75 bits per heavy atom. The third kappa shape index (κ3) is 3.32. The Morgan fingerprint density at radius 1 is 1.10 bits per heavy atom. The highest BCUT2D eigenvalue weighted by Crippen LogP contribution is 2.38. The van der Waals surface area contributed by atoms with Crippen molar-refractivity contribution in [3.8, 4) is 11.5 Å². The summed E-state index contributed by atoms with van der Waals surface area (Å²) in [4.78, 5) is 0. The first-order valence-electron chi connectivity index (χ1n) is 7.23. The Labute approximate surface area is 126 Å². The van der Waals surface area contributed by atoms with Crippen molar-refractivity contribution < 1.29 is 9.47 Å². The second-order valence-corrected chi connectivity index (χ2v) is 6.24. The highest BCUT2D eigenvalue weighted by molar-refractivity contribution is 6.33. The van der Waals surface area contributed by atoms with Gasteiger partial charge in [-0.3, -0.25) is 0 Å². The number of hydrogen-bond donors (Lipinski definition) is 1. The number of benzene rings is 1. The van der Waals surface area contributed by atoms with Crippen LogP contribution in [0.1, 0.15) is 33.1 Å². The monoisotopic (exact) mass is 297 g/mol. The van der Waals surface area contributed by atoms with Crippen molar-refractivity contribution in [1.29, 1.82) is 0 Å². The summed E-state index contributed by atoms with van der Waals surface area (Å²) in [7, 11) is 3.26. The highest BCUT2D eigenvalue weighted by Gasteiger charge is 2.26. The van der Waals surface area contributed by atoms with Crippen molar-refractivity contribution >= 4 is 17.3 Å². The Morgan fingerprint density at radius 3 is 2.40 bits per heavy atom. The normalized spacial score (nSPS) is 26.1. The lowest BCUT2D eigenvalue weighted by Crippen LogP contribution is -2.33. The van der Waals surface area contributed by atoms with Crippen LogP contribution in [0, 0.1) is 11.8 Å². The van der Waals surface area contributed by atoms with Crippen molar-refractivity contribution in [1.82, 2.24) is 0 Å². The van der Waals surface area contributed by atoms with Crippen LogP contribution in [-0.4, -0.2) is 20.3 Å². The fourth-order valence-corrected chi connectivity index (χ4v) is 3.11. The third-order valence-corrected chi connectivity index (χ3v) is 4.58. The molecule has 1 fully saturated rings. The highest BCUT2D eigenvalue weighted by atomic mass is 35.5. The predicted molar refractivity (Wildman–Crippen MR) is 84.1 cm³/mol. The standard InChI is InChI=1S/C16H24ClNO2/c1-10-5-6-11(2)13(7-10)18-14-9-16(20-4)15(19-3)8-12(14)17/h8-11,13,18H,5-7H2,1-4H3. The first-order chi connectivity index (χ1) is 9.55. The Kier molecular flexibility index (Phi) is 5.03. The molecule has 2 rings (SSSR count). The van der Waals surface area contributed by atoms with Gasteiger partial charge in [-0.25, -0.2) is 0 Å². The first kappa shape index (κ1) is 15.3. The summed E-state index contributed by atoms with van der Waals surface area (Å²) in [5.74, 6) is 2.79. The van der Waals surface area contributed by atoms with E-state index in [1.165, 1.54) is 19.3 Å². The molecule has 112 valence electrons. The summed E-state index contributed by atoms with van der Waals surface area (Å²) >= 11 is 6.34. The maximum Gasteiger partial charge on any atom is 0.162 e. The molecule has 3 unspecified atom stereocenters. The number of ether oxygens (including phenoxy) is 2. The van der Waals surface area contributed by atoms with E-state index < -0.39 is 0 Å². The minimum Gasteiger partial charge on any atom is -0.493 e. The molecule has 1 aliphatic carbocycles. The van der Waals surface area contributed by atoms with Crippen LogP contribution in [0.25, 0.3) is 0 Å². The van der Waals surface area contributed by atoms with Gasteiger partial charge in [0.1, 0.15) is 0 Å².